The number of hydrogen-bond acceptors (Lipinski definition) is 2. The number of para-hydroxylation sites is 2. The van der Waals surface area contributed by atoms with Gasteiger partial charge in [0.15, 0.2) is 11.5 Å². The zero-order chi connectivity index (χ0) is 21.5. The van der Waals surface area contributed by atoms with Crippen LogP contribution in [-0.2, 0) is 0 Å². The molecule has 2 heteroatoms. The smallest absolute Gasteiger partial charge is 0.161 e. The van der Waals surface area contributed by atoms with Gasteiger partial charge in [0.1, 0.15) is 0 Å². The molecule has 30 heavy (non-hydrogen) atoms. The van der Waals surface area contributed by atoms with E-state index in [4.69, 9.17) is 9.47 Å². The lowest BCUT2D eigenvalue weighted by molar-refractivity contribution is 0.258. The number of ether oxygens (including phenoxy) is 2. The van der Waals surface area contributed by atoms with Crippen molar-refractivity contribution in [3.05, 3.63) is 24.3 Å². The fourth-order valence-corrected chi connectivity index (χ4v) is 3.88. The van der Waals surface area contributed by atoms with Gasteiger partial charge in [-0.25, -0.2) is 0 Å². The van der Waals surface area contributed by atoms with Crippen molar-refractivity contribution in [2.24, 2.45) is 0 Å². The monoisotopic (exact) mass is 418 g/mol. The average Bonchev–Trinajstić information content (AvgIpc) is 2.77. The Labute approximate surface area is 188 Å². The highest BCUT2D eigenvalue weighted by Crippen LogP contribution is 2.27. The molecule has 0 aliphatic rings. The summed E-state index contributed by atoms with van der Waals surface area (Å²) in [6, 6.07) is 8.16. The molecule has 0 heterocycles. The van der Waals surface area contributed by atoms with E-state index in [1.807, 2.05) is 24.3 Å². The molecule has 0 spiro atoms. The lowest BCUT2D eigenvalue weighted by Crippen LogP contribution is -2.02. The first-order chi connectivity index (χ1) is 14.9. The Hall–Kier alpha value is -1.18. The molecule has 0 saturated heterocycles. The average molecular weight is 419 g/mol. The zero-order valence-corrected chi connectivity index (χ0v) is 20.3. The summed E-state index contributed by atoms with van der Waals surface area (Å²) in [6.45, 7) is 6.16. The van der Waals surface area contributed by atoms with Gasteiger partial charge in [-0.1, -0.05) is 129 Å². The van der Waals surface area contributed by atoms with Crippen LogP contribution >= 0.6 is 0 Å². The maximum Gasteiger partial charge on any atom is 0.161 e. The van der Waals surface area contributed by atoms with Gasteiger partial charge in [0, 0.05) is 0 Å². The minimum absolute atomic E-state index is 0.800. The van der Waals surface area contributed by atoms with E-state index in [1.54, 1.807) is 0 Å². The highest BCUT2D eigenvalue weighted by molar-refractivity contribution is 5.39. The van der Waals surface area contributed by atoms with Crippen LogP contribution in [0.25, 0.3) is 0 Å². The van der Waals surface area contributed by atoms with E-state index in [1.165, 1.54) is 103 Å². The van der Waals surface area contributed by atoms with Gasteiger partial charge < -0.3 is 9.47 Å². The summed E-state index contributed by atoms with van der Waals surface area (Å²) in [5.74, 6) is 1.82. The summed E-state index contributed by atoms with van der Waals surface area (Å²) in [7, 11) is 0. The highest BCUT2D eigenvalue weighted by atomic mass is 16.5. The molecule has 0 aromatic heterocycles. The normalized spacial score (nSPS) is 11.0. The largest absolute Gasteiger partial charge is 0.490 e. The van der Waals surface area contributed by atoms with Crippen LogP contribution in [0, 0.1) is 0 Å². The maximum atomic E-state index is 6.01. The van der Waals surface area contributed by atoms with Crippen molar-refractivity contribution in [1.29, 1.82) is 0 Å². The minimum atomic E-state index is 0.800. The van der Waals surface area contributed by atoms with Gasteiger partial charge >= 0.3 is 0 Å². The molecule has 0 aliphatic heterocycles. The van der Waals surface area contributed by atoms with Gasteiger partial charge in [-0.15, -0.1) is 0 Å². The molecule has 0 saturated carbocycles. The van der Waals surface area contributed by atoms with Gasteiger partial charge in [-0.05, 0) is 25.0 Å². The Balaban J connectivity index is 2.02. The van der Waals surface area contributed by atoms with Crippen LogP contribution in [0.15, 0.2) is 24.3 Å². The molecule has 0 bridgehead atoms. The molecule has 1 rings (SSSR count). The van der Waals surface area contributed by atoms with Crippen LogP contribution in [0.4, 0.5) is 0 Å². The molecule has 0 N–H and O–H groups in total. The second-order valence-corrected chi connectivity index (χ2v) is 8.80. The van der Waals surface area contributed by atoms with Crippen molar-refractivity contribution < 1.29 is 9.47 Å². The van der Waals surface area contributed by atoms with Gasteiger partial charge in [0.05, 0.1) is 13.2 Å². The van der Waals surface area contributed by atoms with Gasteiger partial charge in [-0.2, -0.15) is 0 Å². The van der Waals surface area contributed by atoms with Crippen molar-refractivity contribution in [3.8, 4) is 11.5 Å². The molecule has 2 nitrogen and oxygen atoms in total. The van der Waals surface area contributed by atoms with Crippen LogP contribution in [0.5, 0.6) is 11.5 Å². The number of hydrogen-bond donors (Lipinski definition) is 0. The molecule has 174 valence electrons. The molecule has 1 aromatic carbocycles. The first-order valence-corrected chi connectivity index (χ1v) is 13.2. The molecule has 0 amide bonds. The number of benzene rings is 1. The van der Waals surface area contributed by atoms with Crippen molar-refractivity contribution in [3.63, 3.8) is 0 Å². The quantitative estimate of drug-likeness (QED) is 0.174. The predicted molar refractivity (Wildman–Crippen MR) is 132 cm³/mol. The van der Waals surface area contributed by atoms with Crippen LogP contribution < -0.4 is 9.47 Å². The van der Waals surface area contributed by atoms with Gasteiger partial charge in [0.25, 0.3) is 0 Å². The number of unbranched alkanes of at least 4 members (excludes halogenated alkanes) is 16. The third-order valence-corrected chi connectivity index (χ3v) is 5.86. The minimum Gasteiger partial charge on any atom is -0.490 e. The topological polar surface area (TPSA) is 18.5 Å². The molecule has 0 atom stereocenters. The van der Waals surface area contributed by atoms with Gasteiger partial charge in [-0.3, -0.25) is 0 Å². The summed E-state index contributed by atoms with van der Waals surface area (Å²) in [4.78, 5) is 0. The maximum absolute atomic E-state index is 6.01. The Morgan fingerprint density at radius 1 is 0.433 bits per heavy atom. The van der Waals surface area contributed by atoms with Crippen molar-refractivity contribution >= 4 is 0 Å². The third-order valence-electron chi connectivity index (χ3n) is 5.86. The number of rotatable bonds is 22. The Morgan fingerprint density at radius 2 is 0.733 bits per heavy atom. The van der Waals surface area contributed by atoms with E-state index in [2.05, 4.69) is 13.8 Å². The first-order valence-electron chi connectivity index (χ1n) is 13.2. The highest BCUT2D eigenvalue weighted by Gasteiger charge is 2.04. The third kappa shape index (κ3) is 15.6. The molecule has 0 unspecified atom stereocenters. The molecular formula is C28H50O2. The fourth-order valence-electron chi connectivity index (χ4n) is 3.88. The lowest BCUT2D eigenvalue weighted by Gasteiger charge is -2.12. The Bertz CT molecular complexity index is 428. The second-order valence-electron chi connectivity index (χ2n) is 8.80. The summed E-state index contributed by atoms with van der Waals surface area (Å²) in [5, 5.41) is 0. The van der Waals surface area contributed by atoms with Crippen LogP contribution in [0.1, 0.15) is 129 Å². The van der Waals surface area contributed by atoms with E-state index in [0.29, 0.717) is 0 Å². The van der Waals surface area contributed by atoms with E-state index in [9.17, 15) is 0 Å². The molecule has 0 fully saturated rings. The van der Waals surface area contributed by atoms with E-state index < -0.39 is 0 Å². The van der Waals surface area contributed by atoms with E-state index >= 15 is 0 Å². The van der Waals surface area contributed by atoms with Crippen LogP contribution in [-0.4, -0.2) is 13.2 Å². The van der Waals surface area contributed by atoms with E-state index in [0.717, 1.165) is 37.6 Å². The van der Waals surface area contributed by atoms with Crippen molar-refractivity contribution in [1.82, 2.24) is 0 Å². The summed E-state index contributed by atoms with van der Waals surface area (Å²) < 4.78 is 12.0. The molecular weight excluding hydrogens is 368 g/mol. The zero-order valence-electron chi connectivity index (χ0n) is 20.3. The predicted octanol–water partition coefficient (Wildman–Crippen LogP) is 9.51. The van der Waals surface area contributed by atoms with Crippen LogP contribution in [0.2, 0.25) is 0 Å². The van der Waals surface area contributed by atoms with Crippen LogP contribution in [0.3, 0.4) is 0 Å². The standard InChI is InChI=1S/C28H50O2/c1-3-5-7-9-11-13-15-17-21-25-29-27-23-19-20-24-28(27)30-26-22-18-16-14-12-10-8-6-4-2/h19-20,23-24H,3-18,21-22,25-26H2,1-2H3. The molecule has 1 aromatic rings. The molecule has 0 radical (unpaired) electrons. The van der Waals surface area contributed by atoms with Gasteiger partial charge in [0.2, 0.25) is 0 Å². The fraction of sp³-hybridized carbons (Fsp3) is 0.786. The Morgan fingerprint density at radius 3 is 1.07 bits per heavy atom. The summed E-state index contributed by atoms with van der Waals surface area (Å²) in [5.41, 5.74) is 0. The van der Waals surface area contributed by atoms with E-state index in [-0.39, 0.29) is 0 Å². The lowest BCUT2D eigenvalue weighted by atomic mass is 10.1. The van der Waals surface area contributed by atoms with Crippen molar-refractivity contribution in [2.75, 3.05) is 13.2 Å². The molecule has 0 aliphatic carbocycles. The first kappa shape index (κ1) is 26.9. The second kappa shape index (κ2) is 21.1. The SMILES string of the molecule is CCCCCCCCCCCOc1ccccc1OCCCCCCCCCCC. The Kier molecular flexibility index (Phi) is 18.9. The summed E-state index contributed by atoms with van der Waals surface area (Å²) >= 11 is 0. The summed E-state index contributed by atoms with van der Waals surface area (Å²) in [6.07, 6.45) is 24.2. The van der Waals surface area contributed by atoms with Crippen molar-refractivity contribution in [2.45, 2.75) is 129 Å².